The Morgan fingerprint density at radius 1 is 1.13 bits per heavy atom. The number of thiophene rings is 1. The van der Waals surface area contributed by atoms with Crippen LogP contribution in [0.15, 0.2) is 30.3 Å². The van der Waals surface area contributed by atoms with E-state index in [1.807, 2.05) is 0 Å². The van der Waals surface area contributed by atoms with E-state index in [1.54, 1.807) is 30.3 Å². The van der Waals surface area contributed by atoms with Gasteiger partial charge in [-0.1, -0.05) is 11.6 Å². The minimum Gasteiger partial charge on any atom is -0.497 e. The molecule has 0 unspecified atom stereocenters. The van der Waals surface area contributed by atoms with E-state index in [4.69, 9.17) is 21.1 Å². The van der Waals surface area contributed by atoms with Gasteiger partial charge in [0.05, 0.1) is 29.1 Å². The van der Waals surface area contributed by atoms with Gasteiger partial charge in [-0.2, -0.15) is 0 Å². The van der Waals surface area contributed by atoms with Gasteiger partial charge in [0.1, 0.15) is 11.5 Å². The molecule has 1 aromatic carbocycles. The highest BCUT2D eigenvalue weighted by molar-refractivity contribution is 7.18. The van der Waals surface area contributed by atoms with Gasteiger partial charge in [-0.15, -0.1) is 11.3 Å². The monoisotopic (exact) mass is 353 g/mol. The maximum Gasteiger partial charge on any atom is 0.224 e. The van der Waals surface area contributed by atoms with Crippen molar-refractivity contribution in [2.24, 2.45) is 0 Å². The lowest BCUT2D eigenvalue weighted by molar-refractivity contribution is -0.116. The summed E-state index contributed by atoms with van der Waals surface area (Å²) in [5, 5.41) is 2.73. The smallest absolute Gasteiger partial charge is 0.224 e. The number of ether oxygens (including phenoxy) is 2. The lowest BCUT2D eigenvalue weighted by atomic mass is 10.2. The topological polar surface area (TPSA) is 64.6 Å². The molecule has 2 rings (SSSR count). The quantitative estimate of drug-likeness (QED) is 0.763. The predicted octanol–water partition coefficient (Wildman–Crippen LogP) is 4.02. The van der Waals surface area contributed by atoms with E-state index in [9.17, 15) is 9.59 Å². The van der Waals surface area contributed by atoms with Gasteiger partial charge >= 0.3 is 0 Å². The maximum atomic E-state index is 12.0. The molecule has 0 spiro atoms. The van der Waals surface area contributed by atoms with Crippen molar-refractivity contribution in [3.63, 3.8) is 0 Å². The molecule has 0 atom stereocenters. The number of nitrogens with one attached hydrogen (secondary N) is 1. The number of anilines is 1. The van der Waals surface area contributed by atoms with Crippen LogP contribution in [0.1, 0.15) is 22.5 Å². The zero-order chi connectivity index (χ0) is 16.8. The Morgan fingerprint density at radius 2 is 1.91 bits per heavy atom. The van der Waals surface area contributed by atoms with Crippen molar-refractivity contribution in [3.8, 4) is 11.5 Å². The lowest BCUT2D eigenvalue weighted by Crippen LogP contribution is -2.14. The van der Waals surface area contributed by atoms with Gasteiger partial charge in [0.15, 0.2) is 5.78 Å². The molecule has 0 fully saturated rings. The molecule has 7 heteroatoms. The third-order valence-corrected chi connectivity index (χ3v) is 4.38. The molecule has 0 aliphatic rings. The number of hydrogen-bond donors (Lipinski definition) is 1. The number of ketones is 1. The second-order valence-electron chi connectivity index (χ2n) is 4.64. The number of methoxy groups -OCH3 is 2. The molecule has 1 N–H and O–H groups in total. The molecule has 0 aliphatic heterocycles. The molecule has 0 saturated heterocycles. The molecule has 0 saturated carbocycles. The Bertz CT molecular complexity index is 714. The Hall–Kier alpha value is -2.05. The molecule has 1 aromatic heterocycles. The zero-order valence-corrected chi connectivity index (χ0v) is 14.3. The third-order valence-electron chi connectivity index (χ3n) is 3.11. The molecule has 1 amide bonds. The minimum atomic E-state index is -0.271. The molecular formula is C16H16ClNO4S. The predicted molar refractivity (Wildman–Crippen MR) is 91.1 cm³/mol. The van der Waals surface area contributed by atoms with E-state index >= 15 is 0 Å². The summed E-state index contributed by atoms with van der Waals surface area (Å²) in [6.45, 7) is 0. The molecule has 5 nitrogen and oxygen atoms in total. The molecule has 2 aromatic rings. The van der Waals surface area contributed by atoms with Gasteiger partial charge in [-0.3, -0.25) is 9.59 Å². The highest BCUT2D eigenvalue weighted by Crippen LogP contribution is 2.29. The third kappa shape index (κ3) is 4.71. The van der Waals surface area contributed by atoms with Crippen LogP contribution in [0.5, 0.6) is 11.5 Å². The van der Waals surface area contributed by atoms with Crippen molar-refractivity contribution in [3.05, 3.63) is 39.5 Å². The molecule has 23 heavy (non-hydrogen) atoms. The second kappa shape index (κ2) is 7.99. The van der Waals surface area contributed by atoms with Gasteiger partial charge < -0.3 is 14.8 Å². The van der Waals surface area contributed by atoms with Crippen molar-refractivity contribution < 1.29 is 19.1 Å². The van der Waals surface area contributed by atoms with Crippen molar-refractivity contribution in [2.75, 3.05) is 19.5 Å². The zero-order valence-electron chi connectivity index (χ0n) is 12.7. The number of amides is 1. The van der Waals surface area contributed by atoms with Crippen molar-refractivity contribution in [1.29, 1.82) is 0 Å². The summed E-state index contributed by atoms with van der Waals surface area (Å²) in [4.78, 5) is 24.6. The van der Waals surface area contributed by atoms with E-state index < -0.39 is 0 Å². The van der Waals surface area contributed by atoms with Crippen LogP contribution in [0.4, 0.5) is 5.69 Å². The Morgan fingerprint density at radius 3 is 2.52 bits per heavy atom. The largest absolute Gasteiger partial charge is 0.497 e. The Kier molecular flexibility index (Phi) is 6.01. The van der Waals surface area contributed by atoms with Crippen LogP contribution >= 0.6 is 22.9 Å². The first-order chi connectivity index (χ1) is 11.0. The highest BCUT2D eigenvalue weighted by atomic mass is 35.5. The van der Waals surface area contributed by atoms with E-state index in [0.717, 1.165) is 0 Å². The SMILES string of the molecule is COc1ccc(OC)c(NC(=O)CCC(=O)c2ccc(Cl)s2)c1. The number of Topliss-reactive ketones (excluding diaryl/α,β-unsaturated/α-hetero) is 1. The summed E-state index contributed by atoms with van der Waals surface area (Å²) in [7, 11) is 3.06. The van der Waals surface area contributed by atoms with Crippen LogP contribution < -0.4 is 14.8 Å². The molecule has 0 bridgehead atoms. The summed E-state index contributed by atoms with van der Waals surface area (Å²) in [5.41, 5.74) is 0.503. The van der Waals surface area contributed by atoms with Crippen molar-refractivity contribution in [2.45, 2.75) is 12.8 Å². The number of hydrogen-bond acceptors (Lipinski definition) is 5. The summed E-state index contributed by atoms with van der Waals surface area (Å²) in [6.07, 6.45) is 0.198. The van der Waals surface area contributed by atoms with Gasteiger partial charge in [-0.05, 0) is 24.3 Å². The molecule has 0 aliphatic carbocycles. The average Bonchev–Trinajstić information content (AvgIpc) is 2.99. The van der Waals surface area contributed by atoms with Crippen LogP contribution in [-0.2, 0) is 4.79 Å². The maximum absolute atomic E-state index is 12.0. The number of rotatable bonds is 7. The van der Waals surface area contributed by atoms with E-state index in [-0.39, 0.29) is 24.5 Å². The Balaban J connectivity index is 1.95. The summed E-state index contributed by atoms with van der Waals surface area (Å²) in [5.74, 6) is 0.753. The van der Waals surface area contributed by atoms with E-state index in [1.165, 1.54) is 25.6 Å². The Labute approximate surface area is 143 Å². The first-order valence-corrected chi connectivity index (χ1v) is 8.03. The molecule has 0 radical (unpaired) electrons. The summed E-state index contributed by atoms with van der Waals surface area (Å²) in [6, 6.07) is 8.43. The van der Waals surface area contributed by atoms with Gasteiger partial charge in [0.25, 0.3) is 0 Å². The fraction of sp³-hybridized carbons (Fsp3) is 0.250. The first kappa shape index (κ1) is 17.3. The van der Waals surface area contributed by atoms with Crippen LogP contribution in [0.2, 0.25) is 4.34 Å². The fourth-order valence-corrected chi connectivity index (χ4v) is 2.95. The van der Waals surface area contributed by atoms with Crippen LogP contribution in [0.25, 0.3) is 0 Å². The number of halogens is 1. The highest BCUT2D eigenvalue weighted by Gasteiger charge is 2.13. The van der Waals surface area contributed by atoms with Gasteiger partial charge in [0.2, 0.25) is 5.91 Å². The average molecular weight is 354 g/mol. The number of benzene rings is 1. The number of carbonyl (C=O) groups is 2. The summed E-state index contributed by atoms with van der Waals surface area (Å²) >= 11 is 7.01. The number of carbonyl (C=O) groups excluding carboxylic acids is 2. The first-order valence-electron chi connectivity index (χ1n) is 6.84. The second-order valence-corrected chi connectivity index (χ2v) is 6.36. The van der Waals surface area contributed by atoms with Gasteiger partial charge in [0, 0.05) is 18.9 Å². The van der Waals surface area contributed by atoms with Crippen LogP contribution in [0, 0.1) is 0 Å². The van der Waals surface area contributed by atoms with Gasteiger partial charge in [-0.25, -0.2) is 0 Å². The standard InChI is InChI=1S/C16H16ClNO4S/c1-21-10-3-5-13(22-2)11(9-10)18-16(20)8-4-12(19)14-6-7-15(17)23-14/h3,5-7,9H,4,8H2,1-2H3,(H,18,20). The van der Waals surface area contributed by atoms with Crippen LogP contribution in [-0.4, -0.2) is 25.9 Å². The molecule has 122 valence electrons. The van der Waals surface area contributed by atoms with Crippen LogP contribution in [0.3, 0.4) is 0 Å². The minimum absolute atomic E-state index is 0.0781. The molecular weight excluding hydrogens is 338 g/mol. The lowest BCUT2D eigenvalue weighted by Gasteiger charge is -2.11. The van der Waals surface area contributed by atoms with Crippen molar-refractivity contribution in [1.82, 2.24) is 0 Å². The summed E-state index contributed by atoms with van der Waals surface area (Å²) < 4.78 is 10.9. The van der Waals surface area contributed by atoms with E-state index in [2.05, 4.69) is 5.32 Å². The van der Waals surface area contributed by atoms with E-state index in [0.29, 0.717) is 26.4 Å². The molecule has 1 heterocycles. The fourth-order valence-electron chi connectivity index (χ4n) is 1.94. The van der Waals surface area contributed by atoms with Crippen molar-refractivity contribution >= 4 is 40.3 Å². The normalized spacial score (nSPS) is 10.2.